The van der Waals surface area contributed by atoms with Crippen molar-refractivity contribution < 1.29 is 19.1 Å². The smallest absolute Gasteiger partial charge is 0.333 e. The number of carbonyl (C=O) groups is 2. The summed E-state index contributed by atoms with van der Waals surface area (Å²) in [5.74, 6) is -0.149. The van der Waals surface area contributed by atoms with Crippen molar-refractivity contribution in [2.45, 2.75) is 37.9 Å². The van der Waals surface area contributed by atoms with Crippen LogP contribution in [0.3, 0.4) is 0 Å². The van der Waals surface area contributed by atoms with Gasteiger partial charge in [0, 0.05) is 17.9 Å². The van der Waals surface area contributed by atoms with Crippen molar-refractivity contribution in [3.63, 3.8) is 0 Å². The fourth-order valence-corrected chi connectivity index (χ4v) is 3.29. The molecule has 4 unspecified atom stereocenters. The number of rotatable bonds is 2. The molecule has 0 N–H and O–H groups in total. The Bertz CT molecular complexity index is 400. The molecule has 4 nitrogen and oxygen atoms in total. The highest BCUT2D eigenvalue weighted by Crippen LogP contribution is 2.63. The van der Waals surface area contributed by atoms with E-state index in [2.05, 4.69) is 6.58 Å². The van der Waals surface area contributed by atoms with E-state index in [9.17, 15) is 9.59 Å². The van der Waals surface area contributed by atoms with Crippen molar-refractivity contribution in [3.05, 3.63) is 12.2 Å². The summed E-state index contributed by atoms with van der Waals surface area (Å²) in [6.07, 6.45) is 2.19. The second-order valence-electron chi connectivity index (χ2n) is 5.04. The Labute approximate surface area is 93.6 Å². The van der Waals surface area contributed by atoms with Gasteiger partial charge in [-0.3, -0.25) is 4.79 Å². The number of carbonyl (C=O) groups excluding carboxylic acids is 2. The predicted molar refractivity (Wildman–Crippen MR) is 54.3 cm³/mol. The van der Waals surface area contributed by atoms with Crippen LogP contribution < -0.4 is 0 Å². The predicted octanol–water partition coefficient (Wildman–Crippen LogP) is 1.20. The molecular weight excluding hydrogens is 208 g/mol. The average Bonchev–Trinajstić information content (AvgIpc) is 2.73. The van der Waals surface area contributed by atoms with Gasteiger partial charge in [-0.05, 0) is 19.8 Å². The van der Waals surface area contributed by atoms with Gasteiger partial charge < -0.3 is 9.47 Å². The highest BCUT2D eigenvalue weighted by Gasteiger charge is 2.73. The maximum atomic E-state index is 11.5. The van der Waals surface area contributed by atoms with Gasteiger partial charge in [0.1, 0.15) is 6.10 Å². The SMILES string of the molecule is C=C(C)C(=O)OC1CCC2C3CC12OC3=O. The number of hydrogen-bond donors (Lipinski definition) is 0. The summed E-state index contributed by atoms with van der Waals surface area (Å²) in [5, 5.41) is 0. The standard InChI is InChI=1S/C12H14O4/c1-6(2)10(13)15-9-4-3-8-7-5-12(8,9)16-11(7)14/h7-9H,1,3-5H2,2H3. The minimum Gasteiger partial charge on any atom is -0.455 e. The summed E-state index contributed by atoms with van der Waals surface area (Å²) in [4.78, 5) is 22.9. The Kier molecular flexibility index (Phi) is 1.77. The lowest BCUT2D eigenvalue weighted by Gasteiger charge is -2.40. The maximum Gasteiger partial charge on any atom is 0.333 e. The molecule has 86 valence electrons. The summed E-state index contributed by atoms with van der Waals surface area (Å²) >= 11 is 0. The van der Waals surface area contributed by atoms with E-state index < -0.39 is 5.60 Å². The summed E-state index contributed by atoms with van der Waals surface area (Å²) < 4.78 is 10.8. The monoisotopic (exact) mass is 222 g/mol. The zero-order valence-electron chi connectivity index (χ0n) is 9.19. The Morgan fingerprint density at radius 3 is 2.94 bits per heavy atom. The van der Waals surface area contributed by atoms with Crippen molar-refractivity contribution in [1.29, 1.82) is 0 Å². The van der Waals surface area contributed by atoms with E-state index in [1.165, 1.54) is 0 Å². The molecule has 2 heterocycles. The molecule has 4 fully saturated rings. The van der Waals surface area contributed by atoms with Crippen molar-refractivity contribution in [1.82, 2.24) is 0 Å². The fraction of sp³-hybridized carbons (Fsp3) is 0.667. The molecule has 4 heteroatoms. The third-order valence-electron chi connectivity index (χ3n) is 4.13. The minimum absolute atomic E-state index is 0.0635. The van der Waals surface area contributed by atoms with Crippen molar-refractivity contribution in [2.75, 3.05) is 0 Å². The molecule has 4 atom stereocenters. The maximum absolute atomic E-state index is 11.5. The molecule has 16 heavy (non-hydrogen) atoms. The van der Waals surface area contributed by atoms with Gasteiger partial charge >= 0.3 is 11.9 Å². The molecule has 4 rings (SSSR count). The first-order valence-corrected chi connectivity index (χ1v) is 5.64. The quantitative estimate of drug-likeness (QED) is 0.520. The van der Waals surface area contributed by atoms with E-state index in [1.807, 2.05) is 0 Å². The molecule has 2 aliphatic heterocycles. The van der Waals surface area contributed by atoms with Crippen LogP contribution >= 0.6 is 0 Å². The Balaban J connectivity index is 1.77. The van der Waals surface area contributed by atoms with Crippen LogP contribution in [0.4, 0.5) is 0 Å². The van der Waals surface area contributed by atoms with Crippen LogP contribution in [-0.2, 0) is 19.1 Å². The first-order valence-electron chi connectivity index (χ1n) is 5.64. The lowest BCUT2D eigenvalue weighted by molar-refractivity contribution is -0.170. The number of esters is 2. The molecule has 0 radical (unpaired) electrons. The van der Waals surface area contributed by atoms with E-state index in [0.29, 0.717) is 5.57 Å². The average molecular weight is 222 g/mol. The highest BCUT2D eigenvalue weighted by atomic mass is 16.6. The van der Waals surface area contributed by atoms with Crippen LogP contribution in [0.15, 0.2) is 12.2 Å². The summed E-state index contributed by atoms with van der Waals surface area (Å²) in [7, 11) is 0. The molecule has 2 saturated carbocycles. The van der Waals surface area contributed by atoms with Gasteiger partial charge in [0.2, 0.25) is 0 Å². The minimum atomic E-state index is -0.479. The molecule has 0 aromatic heterocycles. The first-order chi connectivity index (χ1) is 7.54. The second kappa shape index (κ2) is 2.87. The van der Waals surface area contributed by atoms with Gasteiger partial charge in [-0.15, -0.1) is 0 Å². The zero-order valence-corrected chi connectivity index (χ0v) is 9.19. The van der Waals surface area contributed by atoms with Crippen LogP contribution in [0.5, 0.6) is 0 Å². The molecule has 1 spiro atoms. The molecule has 2 saturated heterocycles. The van der Waals surface area contributed by atoms with E-state index >= 15 is 0 Å². The molecule has 4 aliphatic rings. The number of ether oxygens (including phenoxy) is 2. The first kappa shape index (κ1) is 9.87. The van der Waals surface area contributed by atoms with Crippen LogP contribution in [0.25, 0.3) is 0 Å². The fourth-order valence-electron chi connectivity index (χ4n) is 3.29. The summed E-state index contributed by atoms with van der Waals surface area (Å²) in [6, 6.07) is 0. The topological polar surface area (TPSA) is 52.6 Å². The highest BCUT2D eigenvalue weighted by molar-refractivity contribution is 5.87. The van der Waals surface area contributed by atoms with Crippen LogP contribution in [0.2, 0.25) is 0 Å². The summed E-state index contributed by atoms with van der Waals surface area (Å²) in [5.41, 5.74) is -0.0904. The zero-order chi connectivity index (χ0) is 11.5. The van der Waals surface area contributed by atoms with E-state index in [4.69, 9.17) is 9.47 Å². The van der Waals surface area contributed by atoms with Crippen LogP contribution in [0, 0.1) is 11.8 Å². The molecule has 2 aliphatic carbocycles. The van der Waals surface area contributed by atoms with Gasteiger partial charge in [-0.25, -0.2) is 4.79 Å². The molecule has 0 aromatic rings. The molecular formula is C12H14O4. The van der Waals surface area contributed by atoms with E-state index in [1.54, 1.807) is 6.92 Å². The van der Waals surface area contributed by atoms with Crippen molar-refractivity contribution in [3.8, 4) is 0 Å². The van der Waals surface area contributed by atoms with Crippen molar-refractivity contribution in [2.24, 2.45) is 11.8 Å². The van der Waals surface area contributed by atoms with Gasteiger partial charge in [0.25, 0.3) is 0 Å². The van der Waals surface area contributed by atoms with E-state index in [0.717, 1.165) is 19.3 Å². The second-order valence-corrected chi connectivity index (χ2v) is 5.04. The molecule has 0 aromatic carbocycles. The van der Waals surface area contributed by atoms with Crippen LogP contribution in [0.1, 0.15) is 26.2 Å². The third-order valence-corrected chi connectivity index (χ3v) is 4.13. The number of hydrogen-bond acceptors (Lipinski definition) is 4. The van der Waals surface area contributed by atoms with Gasteiger partial charge in [-0.1, -0.05) is 6.58 Å². The van der Waals surface area contributed by atoms with Gasteiger partial charge in [0.05, 0.1) is 5.92 Å². The Morgan fingerprint density at radius 1 is 1.56 bits per heavy atom. The van der Waals surface area contributed by atoms with Crippen LogP contribution in [-0.4, -0.2) is 23.6 Å². The van der Waals surface area contributed by atoms with Gasteiger partial charge in [-0.2, -0.15) is 0 Å². The largest absolute Gasteiger partial charge is 0.455 e. The molecule has 2 bridgehead atoms. The Hall–Kier alpha value is -1.32. The van der Waals surface area contributed by atoms with Gasteiger partial charge in [0.15, 0.2) is 5.60 Å². The van der Waals surface area contributed by atoms with Crippen molar-refractivity contribution >= 4 is 11.9 Å². The normalized spacial score (nSPS) is 43.3. The Morgan fingerprint density at radius 2 is 2.31 bits per heavy atom. The summed E-state index contributed by atoms with van der Waals surface area (Å²) in [6.45, 7) is 5.17. The lowest BCUT2D eigenvalue weighted by Crippen LogP contribution is -2.51. The number of fused-ring (bicyclic) bond motifs is 1. The molecule has 0 amide bonds. The van der Waals surface area contributed by atoms with E-state index in [-0.39, 0.29) is 29.9 Å². The third kappa shape index (κ3) is 0.996. The lowest BCUT2D eigenvalue weighted by atomic mass is 9.65.